The molecule has 0 amide bonds. The Balaban J connectivity index is 2.26. The predicted molar refractivity (Wildman–Crippen MR) is 69.4 cm³/mol. The van der Waals surface area contributed by atoms with E-state index in [-0.39, 0.29) is 6.10 Å². The van der Waals surface area contributed by atoms with Gasteiger partial charge in [0.2, 0.25) is 0 Å². The van der Waals surface area contributed by atoms with Gasteiger partial charge in [0.05, 0.1) is 25.9 Å². The van der Waals surface area contributed by atoms with Crippen LogP contribution in [0.25, 0.3) is 0 Å². The van der Waals surface area contributed by atoms with Gasteiger partial charge in [-0.3, -0.25) is 0 Å². The third-order valence-corrected chi connectivity index (χ3v) is 2.26. The second-order valence-electron chi connectivity index (χ2n) is 3.68. The zero-order valence-corrected chi connectivity index (χ0v) is 9.97. The van der Waals surface area contributed by atoms with Gasteiger partial charge in [-0.05, 0) is 12.0 Å². The molecular weight excluding hydrogens is 214 g/mol. The highest BCUT2D eigenvalue weighted by molar-refractivity contribution is 5.54. The highest BCUT2D eigenvalue weighted by Crippen LogP contribution is 2.04. The van der Waals surface area contributed by atoms with Gasteiger partial charge in [-0.2, -0.15) is 0 Å². The van der Waals surface area contributed by atoms with Gasteiger partial charge < -0.3 is 14.9 Å². The van der Waals surface area contributed by atoms with Gasteiger partial charge in [-0.15, -0.1) is 6.58 Å². The summed E-state index contributed by atoms with van der Waals surface area (Å²) in [5.74, 6) is 0. The van der Waals surface area contributed by atoms with Crippen molar-refractivity contribution < 1.29 is 9.47 Å². The van der Waals surface area contributed by atoms with E-state index in [0.717, 1.165) is 12.0 Å². The molecule has 0 saturated carbocycles. The molecule has 0 fully saturated rings. The zero-order chi connectivity index (χ0) is 12.3. The van der Waals surface area contributed by atoms with E-state index in [1.165, 1.54) is 6.21 Å². The van der Waals surface area contributed by atoms with Crippen LogP contribution in [-0.4, -0.2) is 25.5 Å². The van der Waals surface area contributed by atoms with Crippen molar-refractivity contribution in [1.29, 1.82) is 5.41 Å². The average Bonchev–Trinajstić information content (AvgIpc) is 2.37. The Bertz CT molecular complexity index is 324. The SMILES string of the molecule is C=CC[C@H](COCc1ccccc1)OCC=N. The predicted octanol–water partition coefficient (Wildman–Crippen LogP) is 2.81. The molecule has 1 N–H and O–H groups in total. The van der Waals surface area contributed by atoms with Gasteiger partial charge in [0.25, 0.3) is 0 Å². The molecule has 0 aliphatic carbocycles. The van der Waals surface area contributed by atoms with Crippen molar-refractivity contribution in [3.63, 3.8) is 0 Å². The van der Waals surface area contributed by atoms with Gasteiger partial charge in [-0.25, -0.2) is 0 Å². The summed E-state index contributed by atoms with van der Waals surface area (Å²) >= 11 is 0. The van der Waals surface area contributed by atoms with E-state index in [4.69, 9.17) is 14.9 Å². The summed E-state index contributed by atoms with van der Waals surface area (Å²) in [5.41, 5.74) is 1.15. The summed E-state index contributed by atoms with van der Waals surface area (Å²) < 4.78 is 11.0. The molecule has 1 aromatic carbocycles. The molecule has 0 radical (unpaired) electrons. The number of hydrogen-bond acceptors (Lipinski definition) is 3. The lowest BCUT2D eigenvalue weighted by Gasteiger charge is -2.15. The molecule has 1 atom stereocenters. The van der Waals surface area contributed by atoms with Crippen LogP contribution in [0.2, 0.25) is 0 Å². The van der Waals surface area contributed by atoms with E-state index in [0.29, 0.717) is 19.8 Å². The minimum absolute atomic E-state index is 0.0159. The average molecular weight is 233 g/mol. The summed E-state index contributed by atoms with van der Waals surface area (Å²) in [5, 5.41) is 6.92. The molecule has 92 valence electrons. The van der Waals surface area contributed by atoms with Crippen LogP contribution in [0.3, 0.4) is 0 Å². The first-order valence-corrected chi connectivity index (χ1v) is 5.70. The van der Waals surface area contributed by atoms with Crippen LogP contribution in [0.5, 0.6) is 0 Å². The Morgan fingerprint density at radius 2 is 2.06 bits per heavy atom. The quantitative estimate of drug-likeness (QED) is 0.526. The molecule has 0 aliphatic rings. The standard InChI is InChI=1S/C14H19NO2/c1-2-6-14(17-10-9-15)12-16-11-13-7-4-3-5-8-13/h2-5,7-9,14-15H,1,6,10-12H2/t14-/m1/s1. The Morgan fingerprint density at radius 1 is 1.29 bits per heavy atom. The lowest BCUT2D eigenvalue weighted by Crippen LogP contribution is -2.20. The minimum Gasteiger partial charge on any atom is -0.374 e. The van der Waals surface area contributed by atoms with Crippen LogP contribution in [-0.2, 0) is 16.1 Å². The third-order valence-electron chi connectivity index (χ3n) is 2.26. The summed E-state index contributed by atoms with van der Waals surface area (Å²) in [7, 11) is 0. The van der Waals surface area contributed by atoms with Crippen molar-refractivity contribution in [2.75, 3.05) is 13.2 Å². The minimum atomic E-state index is -0.0159. The lowest BCUT2D eigenvalue weighted by molar-refractivity contribution is -0.00517. The Morgan fingerprint density at radius 3 is 2.71 bits per heavy atom. The van der Waals surface area contributed by atoms with Gasteiger partial charge >= 0.3 is 0 Å². The first-order valence-electron chi connectivity index (χ1n) is 5.70. The first-order chi connectivity index (χ1) is 8.36. The fourth-order valence-corrected chi connectivity index (χ4v) is 1.44. The van der Waals surface area contributed by atoms with Crippen LogP contribution in [0.4, 0.5) is 0 Å². The highest BCUT2D eigenvalue weighted by Gasteiger charge is 2.06. The second-order valence-corrected chi connectivity index (χ2v) is 3.68. The second kappa shape index (κ2) is 8.67. The molecule has 3 heteroatoms. The molecule has 0 saturated heterocycles. The molecule has 1 rings (SSSR count). The molecule has 0 aliphatic heterocycles. The largest absolute Gasteiger partial charge is 0.374 e. The number of benzene rings is 1. The topological polar surface area (TPSA) is 42.3 Å². The summed E-state index contributed by atoms with van der Waals surface area (Å²) in [6.07, 6.45) is 3.77. The van der Waals surface area contributed by atoms with E-state index < -0.39 is 0 Å². The van der Waals surface area contributed by atoms with Crippen LogP contribution < -0.4 is 0 Å². The first kappa shape index (κ1) is 13.6. The number of rotatable bonds is 9. The Hall–Kier alpha value is -1.45. The molecule has 1 aromatic rings. The maximum Gasteiger partial charge on any atom is 0.0847 e. The van der Waals surface area contributed by atoms with Gasteiger partial charge in [0.15, 0.2) is 0 Å². The number of ether oxygens (including phenoxy) is 2. The summed E-state index contributed by atoms with van der Waals surface area (Å²) in [6, 6.07) is 10.0. The monoisotopic (exact) mass is 233 g/mol. The fourth-order valence-electron chi connectivity index (χ4n) is 1.44. The van der Waals surface area contributed by atoms with E-state index >= 15 is 0 Å². The molecule has 0 aromatic heterocycles. The molecule has 0 spiro atoms. The fraction of sp³-hybridized carbons (Fsp3) is 0.357. The van der Waals surface area contributed by atoms with Crippen LogP contribution >= 0.6 is 0 Å². The lowest BCUT2D eigenvalue weighted by atomic mass is 10.2. The summed E-state index contributed by atoms with van der Waals surface area (Å²) in [4.78, 5) is 0. The van der Waals surface area contributed by atoms with Gasteiger partial charge in [0, 0.05) is 6.21 Å². The zero-order valence-electron chi connectivity index (χ0n) is 9.97. The maximum absolute atomic E-state index is 6.92. The van der Waals surface area contributed by atoms with E-state index in [1.807, 2.05) is 30.3 Å². The normalized spacial score (nSPS) is 12.0. The molecule has 0 unspecified atom stereocenters. The van der Waals surface area contributed by atoms with Crippen molar-refractivity contribution in [1.82, 2.24) is 0 Å². The van der Waals surface area contributed by atoms with Crippen LogP contribution in [0.1, 0.15) is 12.0 Å². The van der Waals surface area contributed by atoms with Crippen molar-refractivity contribution in [3.05, 3.63) is 48.6 Å². The number of hydrogen-bond donors (Lipinski definition) is 1. The molecule has 17 heavy (non-hydrogen) atoms. The van der Waals surface area contributed by atoms with Crippen molar-refractivity contribution in [2.45, 2.75) is 19.1 Å². The van der Waals surface area contributed by atoms with E-state index in [9.17, 15) is 0 Å². The Kier molecular flexibility index (Phi) is 6.95. The van der Waals surface area contributed by atoms with Crippen molar-refractivity contribution >= 4 is 6.21 Å². The molecule has 0 bridgehead atoms. The third kappa shape index (κ3) is 6.00. The van der Waals surface area contributed by atoms with Gasteiger partial charge in [-0.1, -0.05) is 36.4 Å². The van der Waals surface area contributed by atoms with Crippen molar-refractivity contribution in [2.24, 2.45) is 0 Å². The van der Waals surface area contributed by atoms with E-state index in [1.54, 1.807) is 6.08 Å². The highest BCUT2D eigenvalue weighted by atomic mass is 16.5. The smallest absolute Gasteiger partial charge is 0.0847 e. The molecular formula is C14H19NO2. The maximum atomic E-state index is 6.92. The number of nitrogens with one attached hydrogen (secondary N) is 1. The van der Waals surface area contributed by atoms with Gasteiger partial charge in [0.1, 0.15) is 0 Å². The Labute approximate surface area is 103 Å². The van der Waals surface area contributed by atoms with Crippen LogP contribution in [0.15, 0.2) is 43.0 Å². The molecule has 0 heterocycles. The van der Waals surface area contributed by atoms with Crippen LogP contribution in [0, 0.1) is 5.41 Å². The molecule has 3 nitrogen and oxygen atoms in total. The summed E-state index contributed by atoms with van der Waals surface area (Å²) in [6.45, 7) is 5.12. The van der Waals surface area contributed by atoms with Crippen molar-refractivity contribution in [3.8, 4) is 0 Å². The van der Waals surface area contributed by atoms with E-state index in [2.05, 4.69) is 6.58 Å².